The summed E-state index contributed by atoms with van der Waals surface area (Å²) in [4.78, 5) is 0. The molecule has 0 radical (unpaired) electrons. The number of alkyl halides is 1. The van der Waals surface area contributed by atoms with Crippen molar-refractivity contribution in [3.63, 3.8) is 0 Å². The summed E-state index contributed by atoms with van der Waals surface area (Å²) in [6.45, 7) is 4.52. The van der Waals surface area contributed by atoms with Crippen molar-refractivity contribution in [3.05, 3.63) is 35.4 Å². The molecule has 0 spiro atoms. The quantitative estimate of drug-likeness (QED) is 0.654. The molecule has 2 rings (SSSR count). The fourth-order valence-electron chi connectivity index (χ4n) is 2.95. The zero-order valence-electron chi connectivity index (χ0n) is 11.0. The summed E-state index contributed by atoms with van der Waals surface area (Å²) in [5.74, 6) is 0.635. The van der Waals surface area contributed by atoms with Crippen LogP contribution in [-0.2, 0) is 5.41 Å². The Labute approximate surface area is 114 Å². The second-order valence-electron chi connectivity index (χ2n) is 5.75. The van der Waals surface area contributed by atoms with Gasteiger partial charge in [-0.1, -0.05) is 73.3 Å². The van der Waals surface area contributed by atoms with E-state index in [0.717, 1.165) is 5.33 Å². The van der Waals surface area contributed by atoms with Gasteiger partial charge in [-0.15, -0.1) is 0 Å². The summed E-state index contributed by atoms with van der Waals surface area (Å²) in [5, 5.41) is 1.11. The summed E-state index contributed by atoms with van der Waals surface area (Å²) >= 11 is 3.75. The number of rotatable bonds is 3. The predicted octanol–water partition coefficient (Wildman–Crippen LogP) is 5.41. The zero-order valence-corrected chi connectivity index (χ0v) is 12.6. The van der Waals surface area contributed by atoms with Gasteiger partial charge in [0, 0.05) is 10.7 Å². The van der Waals surface area contributed by atoms with E-state index in [4.69, 9.17) is 0 Å². The van der Waals surface area contributed by atoms with Gasteiger partial charge in [0.15, 0.2) is 0 Å². The van der Waals surface area contributed by atoms with Gasteiger partial charge in [0.2, 0.25) is 0 Å². The van der Waals surface area contributed by atoms with E-state index in [1.54, 1.807) is 5.56 Å². The molecule has 1 aliphatic rings. The van der Waals surface area contributed by atoms with E-state index in [1.165, 1.54) is 37.7 Å². The largest absolute Gasteiger partial charge is 0.0918 e. The minimum atomic E-state index is 0.410. The average molecular weight is 295 g/mol. The van der Waals surface area contributed by atoms with E-state index in [-0.39, 0.29) is 0 Å². The minimum Gasteiger partial charge on any atom is -0.0918 e. The van der Waals surface area contributed by atoms with Crippen LogP contribution in [0.4, 0.5) is 0 Å². The maximum atomic E-state index is 3.75. The first-order valence-corrected chi connectivity index (χ1v) is 7.96. The Bertz CT molecular complexity index is 344. The Morgan fingerprint density at radius 1 is 1.06 bits per heavy atom. The highest BCUT2D eigenvalue weighted by Gasteiger charge is 2.32. The molecule has 1 aromatic carbocycles. The maximum absolute atomic E-state index is 3.75. The summed E-state index contributed by atoms with van der Waals surface area (Å²) in [7, 11) is 0. The molecule has 94 valence electrons. The average Bonchev–Trinajstić information content (AvgIpc) is 2.39. The van der Waals surface area contributed by atoms with Crippen LogP contribution < -0.4 is 0 Å². The first kappa shape index (κ1) is 13.1. The van der Waals surface area contributed by atoms with Gasteiger partial charge >= 0.3 is 0 Å². The number of benzene rings is 1. The molecule has 0 aromatic heterocycles. The van der Waals surface area contributed by atoms with Crippen LogP contribution in [0, 0.1) is 0 Å². The lowest BCUT2D eigenvalue weighted by molar-refractivity contribution is 0.327. The summed E-state index contributed by atoms with van der Waals surface area (Å²) < 4.78 is 0. The first-order chi connectivity index (χ1) is 8.18. The molecule has 17 heavy (non-hydrogen) atoms. The van der Waals surface area contributed by atoms with Gasteiger partial charge in [-0.3, -0.25) is 0 Å². The van der Waals surface area contributed by atoms with Gasteiger partial charge in [-0.2, -0.15) is 0 Å². The molecule has 0 atom stereocenters. The summed E-state index contributed by atoms with van der Waals surface area (Å²) in [6.07, 6.45) is 6.88. The third kappa shape index (κ3) is 2.76. The van der Waals surface area contributed by atoms with Gasteiger partial charge in [0.05, 0.1) is 0 Å². The highest BCUT2D eigenvalue weighted by Crippen LogP contribution is 2.41. The van der Waals surface area contributed by atoms with E-state index in [1.807, 2.05) is 0 Å². The molecule has 0 unspecified atom stereocenters. The molecule has 1 fully saturated rings. The van der Waals surface area contributed by atoms with Crippen LogP contribution in [0.3, 0.4) is 0 Å². The van der Waals surface area contributed by atoms with Crippen LogP contribution in [-0.4, -0.2) is 5.33 Å². The smallest absolute Gasteiger partial charge is 0.0129 e. The van der Waals surface area contributed by atoms with Crippen molar-refractivity contribution in [1.29, 1.82) is 0 Å². The Hall–Kier alpha value is -0.300. The Balaban J connectivity index is 2.24. The molecule has 0 nitrogen and oxygen atoms in total. The molecule has 0 bridgehead atoms. The fraction of sp³-hybridized carbons (Fsp3) is 0.625. The van der Waals surface area contributed by atoms with Gasteiger partial charge in [-0.05, 0) is 29.9 Å². The molecule has 1 aromatic rings. The van der Waals surface area contributed by atoms with E-state index in [9.17, 15) is 0 Å². The standard InChI is InChI=1S/C16H23Br/c1-13(2)14-6-8-15(9-7-14)16(12-17)10-4-3-5-11-16/h6-9,13H,3-5,10-12H2,1-2H3. The summed E-state index contributed by atoms with van der Waals surface area (Å²) in [5.41, 5.74) is 3.40. The zero-order chi connectivity index (χ0) is 12.3. The van der Waals surface area contributed by atoms with Crippen LogP contribution in [0.2, 0.25) is 0 Å². The van der Waals surface area contributed by atoms with E-state index >= 15 is 0 Å². The fourth-order valence-corrected chi connectivity index (χ4v) is 3.83. The molecule has 1 heteroatoms. The van der Waals surface area contributed by atoms with Gasteiger partial charge in [0.1, 0.15) is 0 Å². The van der Waals surface area contributed by atoms with E-state index in [2.05, 4.69) is 54.0 Å². The van der Waals surface area contributed by atoms with Crippen molar-refractivity contribution < 1.29 is 0 Å². The first-order valence-electron chi connectivity index (χ1n) is 6.84. The van der Waals surface area contributed by atoms with Gasteiger partial charge < -0.3 is 0 Å². The van der Waals surface area contributed by atoms with Crippen LogP contribution in [0.1, 0.15) is 63.0 Å². The number of hydrogen-bond acceptors (Lipinski definition) is 0. The topological polar surface area (TPSA) is 0 Å². The lowest BCUT2D eigenvalue weighted by Gasteiger charge is -2.36. The highest BCUT2D eigenvalue weighted by molar-refractivity contribution is 9.09. The third-order valence-electron chi connectivity index (χ3n) is 4.26. The van der Waals surface area contributed by atoms with Crippen molar-refractivity contribution in [2.24, 2.45) is 0 Å². The second kappa shape index (κ2) is 5.56. The molecule has 1 aliphatic carbocycles. The molecule has 0 aliphatic heterocycles. The Kier molecular flexibility index (Phi) is 4.30. The van der Waals surface area contributed by atoms with Crippen LogP contribution in [0.5, 0.6) is 0 Å². The van der Waals surface area contributed by atoms with Crippen LogP contribution in [0.15, 0.2) is 24.3 Å². The van der Waals surface area contributed by atoms with Crippen molar-refractivity contribution >= 4 is 15.9 Å². The monoisotopic (exact) mass is 294 g/mol. The predicted molar refractivity (Wildman–Crippen MR) is 79.1 cm³/mol. The molecule has 1 saturated carbocycles. The number of halogens is 1. The molecule has 0 amide bonds. The molecular weight excluding hydrogens is 272 g/mol. The number of hydrogen-bond donors (Lipinski definition) is 0. The molecule has 0 saturated heterocycles. The van der Waals surface area contributed by atoms with Gasteiger partial charge in [-0.25, -0.2) is 0 Å². The van der Waals surface area contributed by atoms with E-state index in [0.29, 0.717) is 11.3 Å². The van der Waals surface area contributed by atoms with Crippen molar-refractivity contribution in [2.45, 2.75) is 57.3 Å². The SMILES string of the molecule is CC(C)c1ccc(C2(CBr)CCCCC2)cc1. The molecule has 0 heterocycles. The maximum Gasteiger partial charge on any atom is 0.0129 e. The van der Waals surface area contributed by atoms with Crippen LogP contribution in [0.25, 0.3) is 0 Å². The van der Waals surface area contributed by atoms with Crippen molar-refractivity contribution in [2.75, 3.05) is 5.33 Å². The Morgan fingerprint density at radius 2 is 1.65 bits per heavy atom. The summed E-state index contributed by atoms with van der Waals surface area (Å²) in [6, 6.07) is 9.36. The van der Waals surface area contributed by atoms with Gasteiger partial charge in [0.25, 0.3) is 0 Å². The molecular formula is C16H23Br. The lowest BCUT2D eigenvalue weighted by atomic mass is 9.71. The lowest BCUT2D eigenvalue weighted by Crippen LogP contribution is -2.30. The van der Waals surface area contributed by atoms with E-state index < -0.39 is 0 Å². The minimum absolute atomic E-state index is 0.410. The van der Waals surface area contributed by atoms with Crippen LogP contribution >= 0.6 is 15.9 Å². The highest BCUT2D eigenvalue weighted by atomic mass is 79.9. The Morgan fingerprint density at radius 3 is 2.12 bits per heavy atom. The molecule has 0 N–H and O–H groups in total. The van der Waals surface area contributed by atoms with Crippen molar-refractivity contribution in [3.8, 4) is 0 Å². The second-order valence-corrected chi connectivity index (χ2v) is 6.31. The third-order valence-corrected chi connectivity index (χ3v) is 5.33. The normalized spacial score (nSPS) is 19.5. The van der Waals surface area contributed by atoms with Crippen molar-refractivity contribution in [1.82, 2.24) is 0 Å².